The van der Waals surface area contributed by atoms with Crippen LogP contribution in [-0.4, -0.2) is 34.3 Å². The number of pyridine rings is 1. The van der Waals surface area contributed by atoms with Gasteiger partial charge in [0, 0.05) is 25.6 Å². The van der Waals surface area contributed by atoms with Crippen molar-refractivity contribution in [2.75, 3.05) is 7.05 Å². The Kier molecular flexibility index (Phi) is 3.79. The molecule has 0 aromatic carbocycles. The molecule has 100 valence electrons. The Labute approximate surface area is 110 Å². The second-order valence-corrected chi connectivity index (χ2v) is 4.16. The van der Waals surface area contributed by atoms with E-state index in [9.17, 15) is 9.59 Å². The summed E-state index contributed by atoms with van der Waals surface area (Å²) < 4.78 is 1.76. The lowest BCUT2D eigenvalue weighted by Crippen LogP contribution is -2.45. The van der Waals surface area contributed by atoms with Gasteiger partial charge in [-0.25, -0.2) is 4.98 Å². The molecule has 0 aliphatic rings. The molecule has 0 fully saturated rings. The number of likely N-dealkylation sites (N-methyl/N-ethyl adjacent to an activating group) is 1. The predicted octanol–water partition coefficient (Wildman–Crippen LogP) is 0.589. The van der Waals surface area contributed by atoms with E-state index in [0.717, 1.165) is 5.65 Å². The van der Waals surface area contributed by atoms with Gasteiger partial charge in [0.05, 0.1) is 5.56 Å². The number of carbonyl (C=O) groups is 2. The van der Waals surface area contributed by atoms with E-state index in [1.54, 1.807) is 42.2 Å². The normalized spacial score (nSPS) is 12.1. The minimum absolute atomic E-state index is 0.195. The van der Waals surface area contributed by atoms with Crippen LogP contribution in [-0.2, 0) is 4.79 Å². The van der Waals surface area contributed by atoms with E-state index in [1.807, 2.05) is 6.92 Å². The molecule has 0 radical (unpaired) electrons. The molecule has 0 saturated heterocycles. The van der Waals surface area contributed by atoms with Crippen molar-refractivity contribution in [2.45, 2.75) is 19.4 Å². The lowest BCUT2D eigenvalue weighted by Gasteiger charge is -2.15. The van der Waals surface area contributed by atoms with Crippen molar-refractivity contribution >= 4 is 17.5 Å². The van der Waals surface area contributed by atoms with Crippen LogP contribution in [0.4, 0.5) is 0 Å². The number of nitrogens with zero attached hydrogens (tertiary/aromatic N) is 2. The molecule has 2 rings (SSSR count). The molecule has 6 nitrogen and oxygen atoms in total. The van der Waals surface area contributed by atoms with Crippen LogP contribution in [0.2, 0.25) is 0 Å². The maximum absolute atomic E-state index is 12.1. The molecule has 0 saturated carbocycles. The molecular formula is C13H16N4O2. The summed E-state index contributed by atoms with van der Waals surface area (Å²) in [5.74, 6) is -0.467. The highest BCUT2D eigenvalue weighted by atomic mass is 16.2. The molecule has 6 heteroatoms. The third kappa shape index (κ3) is 2.73. The molecule has 2 N–H and O–H groups in total. The number of aromatic nitrogens is 2. The van der Waals surface area contributed by atoms with Gasteiger partial charge in [-0.05, 0) is 18.6 Å². The Morgan fingerprint density at radius 2 is 2.21 bits per heavy atom. The maximum atomic E-state index is 12.1. The molecule has 0 spiro atoms. The maximum Gasteiger partial charge on any atom is 0.253 e. The minimum atomic E-state index is -0.518. The van der Waals surface area contributed by atoms with Gasteiger partial charge >= 0.3 is 0 Å². The first-order chi connectivity index (χ1) is 9.15. The number of hydrogen-bond acceptors (Lipinski definition) is 3. The average Bonchev–Trinajstić information content (AvgIpc) is 2.90. The summed E-state index contributed by atoms with van der Waals surface area (Å²) >= 11 is 0. The zero-order chi connectivity index (χ0) is 13.8. The molecule has 0 unspecified atom stereocenters. The van der Waals surface area contributed by atoms with Gasteiger partial charge in [-0.15, -0.1) is 0 Å². The van der Waals surface area contributed by atoms with Crippen LogP contribution in [0, 0.1) is 0 Å². The Hall–Kier alpha value is -2.37. The lowest BCUT2D eigenvalue weighted by molar-refractivity contribution is -0.122. The van der Waals surface area contributed by atoms with Crippen molar-refractivity contribution in [3.63, 3.8) is 0 Å². The highest BCUT2D eigenvalue weighted by Crippen LogP contribution is 2.05. The molecule has 2 amide bonds. The molecule has 0 bridgehead atoms. The molecule has 1 atom stereocenters. The summed E-state index contributed by atoms with van der Waals surface area (Å²) in [6.45, 7) is 1.85. The van der Waals surface area contributed by atoms with Crippen LogP contribution in [0.25, 0.3) is 5.65 Å². The first kappa shape index (κ1) is 13.1. The number of nitrogens with one attached hydrogen (secondary N) is 2. The van der Waals surface area contributed by atoms with E-state index >= 15 is 0 Å². The average molecular weight is 260 g/mol. The first-order valence-corrected chi connectivity index (χ1v) is 6.11. The van der Waals surface area contributed by atoms with E-state index in [-0.39, 0.29) is 11.8 Å². The Bertz CT molecular complexity index is 605. The summed E-state index contributed by atoms with van der Waals surface area (Å²) in [6, 6.07) is 2.93. The van der Waals surface area contributed by atoms with Gasteiger partial charge in [0.25, 0.3) is 5.91 Å². The van der Waals surface area contributed by atoms with Crippen molar-refractivity contribution in [3.05, 3.63) is 36.3 Å². The quantitative estimate of drug-likeness (QED) is 0.844. The molecule has 2 aromatic heterocycles. The minimum Gasteiger partial charge on any atom is -0.357 e. The Balaban J connectivity index is 2.16. The number of hydrogen-bond donors (Lipinski definition) is 2. The predicted molar refractivity (Wildman–Crippen MR) is 70.8 cm³/mol. The van der Waals surface area contributed by atoms with Crippen molar-refractivity contribution < 1.29 is 9.59 Å². The van der Waals surface area contributed by atoms with E-state index in [1.165, 1.54) is 0 Å². The summed E-state index contributed by atoms with van der Waals surface area (Å²) in [5.41, 5.74) is 1.27. The zero-order valence-electron chi connectivity index (χ0n) is 10.9. The topological polar surface area (TPSA) is 75.5 Å². The molecule has 2 aromatic rings. The van der Waals surface area contributed by atoms with E-state index in [0.29, 0.717) is 12.0 Å². The van der Waals surface area contributed by atoms with Gasteiger partial charge in [-0.3, -0.25) is 9.59 Å². The highest BCUT2D eigenvalue weighted by molar-refractivity contribution is 5.97. The monoisotopic (exact) mass is 260 g/mol. The van der Waals surface area contributed by atoms with E-state index in [4.69, 9.17) is 0 Å². The third-order valence-corrected chi connectivity index (χ3v) is 2.93. The first-order valence-electron chi connectivity index (χ1n) is 6.11. The number of imidazole rings is 1. The Morgan fingerprint density at radius 3 is 2.89 bits per heavy atom. The summed E-state index contributed by atoms with van der Waals surface area (Å²) in [4.78, 5) is 27.7. The van der Waals surface area contributed by atoms with Crippen LogP contribution in [0.15, 0.2) is 30.7 Å². The fraction of sp³-hybridized carbons (Fsp3) is 0.308. The van der Waals surface area contributed by atoms with Crippen LogP contribution in [0.5, 0.6) is 0 Å². The fourth-order valence-electron chi connectivity index (χ4n) is 1.82. The smallest absolute Gasteiger partial charge is 0.253 e. The number of fused-ring (bicyclic) bond motifs is 1. The van der Waals surface area contributed by atoms with Crippen molar-refractivity contribution in [1.29, 1.82) is 0 Å². The summed E-state index contributed by atoms with van der Waals surface area (Å²) in [6.07, 6.45) is 5.66. The summed E-state index contributed by atoms with van der Waals surface area (Å²) in [7, 11) is 1.55. The van der Waals surface area contributed by atoms with Gasteiger partial charge in [-0.2, -0.15) is 0 Å². The highest BCUT2D eigenvalue weighted by Gasteiger charge is 2.18. The SMILES string of the molecule is CC[C@@H](NC(=O)c1ccc2nccn2c1)C(=O)NC. The van der Waals surface area contributed by atoms with E-state index in [2.05, 4.69) is 15.6 Å². The van der Waals surface area contributed by atoms with Gasteiger partial charge in [-0.1, -0.05) is 6.92 Å². The van der Waals surface area contributed by atoms with Gasteiger partial charge in [0.2, 0.25) is 5.91 Å². The van der Waals surface area contributed by atoms with Crippen LogP contribution >= 0.6 is 0 Å². The second-order valence-electron chi connectivity index (χ2n) is 4.16. The number of carbonyl (C=O) groups excluding carboxylic acids is 2. The third-order valence-electron chi connectivity index (χ3n) is 2.93. The zero-order valence-corrected chi connectivity index (χ0v) is 10.9. The van der Waals surface area contributed by atoms with Gasteiger partial charge in [0.15, 0.2) is 0 Å². The van der Waals surface area contributed by atoms with Gasteiger partial charge < -0.3 is 15.0 Å². The molecule has 0 aliphatic carbocycles. The van der Waals surface area contributed by atoms with Crippen molar-refractivity contribution in [1.82, 2.24) is 20.0 Å². The largest absolute Gasteiger partial charge is 0.357 e. The van der Waals surface area contributed by atoms with Gasteiger partial charge in [0.1, 0.15) is 11.7 Å². The lowest BCUT2D eigenvalue weighted by atomic mass is 10.2. The molecule has 0 aliphatic heterocycles. The fourth-order valence-corrected chi connectivity index (χ4v) is 1.82. The van der Waals surface area contributed by atoms with Crippen LogP contribution in [0.3, 0.4) is 0 Å². The van der Waals surface area contributed by atoms with Crippen LogP contribution < -0.4 is 10.6 Å². The second kappa shape index (κ2) is 5.51. The standard InChI is InChI=1S/C13H16N4O2/c1-3-10(13(19)14-2)16-12(18)9-4-5-11-15-6-7-17(11)8-9/h4-8,10H,3H2,1-2H3,(H,14,19)(H,16,18)/t10-/m1/s1. The van der Waals surface area contributed by atoms with E-state index < -0.39 is 6.04 Å². The molecular weight excluding hydrogens is 244 g/mol. The number of amides is 2. The summed E-state index contributed by atoms with van der Waals surface area (Å²) in [5, 5.41) is 5.24. The van der Waals surface area contributed by atoms with Crippen molar-refractivity contribution in [2.24, 2.45) is 0 Å². The molecule has 2 heterocycles. The molecule has 19 heavy (non-hydrogen) atoms. The Morgan fingerprint density at radius 1 is 1.42 bits per heavy atom. The van der Waals surface area contributed by atoms with Crippen molar-refractivity contribution in [3.8, 4) is 0 Å². The van der Waals surface area contributed by atoms with Crippen LogP contribution in [0.1, 0.15) is 23.7 Å². The number of rotatable bonds is 4.